The van der Waals surface area contributed by atoms with Crippen molar-refractivity contribution in [2.24, 2.45) is 5.73 Å². The standard InChI is InChI=1S/C17H18ClFN2O2/c1-9-4-12(19)5-10(2)17(9)11-6-14(21-15(18)7-11)13(20)8-16(22)23-3/h4-7,13H,8,20H2,1-3H3/t13-/m0/s1. The average Bonchev–Trinajstić information content (AvgIpc) is 2.45. The van der Waals surface area contributed by atoms with Gasteiger partial charge in [-0.1, -0.05) is 11.6 Å². The Kier molecular flexibility index (Phi) is 5.34. The highest BCUT2D eigenvalue weighted by Crippen LogP contribution is 2.31. The van der Waals surface area contributed by atoms with Gasteiger partial charge in [-0.25, -0.2) is 9.37 Å². The topological polar surface area (TPSA) is 65.2 Å². The number of carbonyl (C=O) groups excluding carboxylic acids is 1. The van der Waals surface area contributed by atoms with Gasteiger partial charge in [0.1, 0.15) is 11.0 Å². The van der Waals surface area contributed by atoms with Crippen LogP contribution in [-0.2, 0) is 9.53 Å². The molecule has 0 saturated carbocycles. The number of hydrogen-bond donors (Lipinski definition) is 1. The summed E-state index contributed by atoms with van der Waals surface area (Å²) in [6.07, 6.45) is 0.00463. The SMILES string of the molecule is COC(=O)C[C@H](N)c1cc(-c2c(C)cc(F)cc2C)cc(Cl)n1. The van der Waals surface area contributed by atoms with E-state index in [1.165, 1.54) is 19.2 Å². The van der Waals surface area contributed by atoms with Crippen LogP contribution >= 0.6 is 11.6 Å². The van der Waals surface area contributed by atoms with Gasteiger partial charge in [0.2, 0.25) is 0 Å². The van der Waals surface area contributed by atoms with E-state index in [0.29, 0.717) is 5.69 Å². The van der Waals surface area contributed by atoms with E-state index in [-0.39, 0.29) is 17.4 Å². The van der Waals surface area contributed by atoms with Crippen LogP contribution in [0.1, 0.15) is 29.3 Å². The number of methoxy groups -OCH3 is 1. The van der Waals surface area contributed by atoms with Crippen LogP contribution in [0.3, 0.4) is 0 Å². The van der Waals surface area contributed by atoms with Gasteiger partial charge >= 0.3 is 5.97 Å². The summed E-state index contributed by atoms with van der Waals surface area (Å²) in [4.78, 5) is 15.6. The molecule has 122 valence electrons. The predicted octanol–water partition coefficient (Wildman–Crippen LogP) is 3.72. The second kappa shape index (κ2) is 7.06. The van der Waals surface area contributed by atoms with Gasteiger partial charge in [0.25, 0.3) is 0 Å². The summed E-state index contributed by atoms with van der Waals surface area (Å²) in [5.41, 5.74) is 9.74. The molecule has 2 aromatic rings. The first-order valence-electron chi connectivity index (χ1n) is 7.08. The van der Waals surface area contributed by atoms with Crippen LogP contribution < -0.4 is 5.73 Å². The van der Waals surface area contributed by atoms with Gasteiger partial charge in [-0.15, -0.1) is 0 Å². The molecule has 0 fully saturated rings. The largest absolute Gasteiger partial charge is 0.469 e. The molecule has 0 radical (unpaired) electrons. The molecule has 23 heavy (non-hydrogen) atoms. The number of nitrogens with two attached hydrogens (primary N) is 1. The lowest BCUT2D eigenvalue weighted by atomic mass is 9.95. The second-order valence-corrected chi connectivity index (χ2v) is 5.79. The molecule has 0 spiro atoms. The fourth-order valence-corrected chi connectivity index (χ4v) is 2.80. The molecule has 4 nitrogen and oxygen atoms in total. The highest BCUT2D eigenvalue weighted by atomic mass is 35.5. The van der Waals surface area contributed by atoms with Gasteiger partial charge < -0.3 is 10.5 Å². The van der Waals surface area contributed by atoms with E-state index in [9.17, 15) is 9.18 Å². The highest BCUT2D eigenvalue weighted by Gasteiger charge is 2.17. The second-order valence-electron chi connectivity index (χ2n) is 5.40. The number of aromatic nitrogens is 1. The molecule has 0 aliphatic rings. The van der Waals surface area contributed by atoms with E-state index >= 15 is 0 Å². The molecule has 2 rings (SSSR count). The number of esters is 1. The average molecular weight is 337 g/mol. The lowest BCUT2D eigenvalue weighted by Crippen LogP contribution is -2.17. The van der Waals surface area contributed by atoms with Crippen LogP contribution in [0.4, 0.5) is 4.39 Å². The number of ether oxygens (including phenoxy) is 1. The molecule has 0 aliphatic heterocycles. The van der Waals surface area contributed by atoms with E-state index in [1.807, 2.05) is 13.8 Å². The van der Waals surface area contributed by atoms with Crippen molar-refractivity contribution in [2.45, 2.75) is 26.3 Å². The van der Waals surface area contributed by atoms with Gasteiger partial charge in [-0.2, -0.15) is 0 Å². The Morgan fingerprint density at radius 1 is 1.30 bits per heavy atom. The maximum absolute atomic E-state index is 13.5. The normalized spacial score (nSPS) is 12.1. The summed E-state index contributed by atoms with van der Waals surface area (Å²) in [6.45, 7) is 3.65. The number of halogens is 2. The van der Waals surface area contributed by atoms with Gasteiger partial charge in [-0.3, -0.25) is 4.79 Å². The molecule has 1 heterocycles. The third-order valence-electron chi connectivity index (χ3n) is 3.59. The molecule has 0 aliphatic carbocycles. The maximum Gasteiger partial charge on any atom is 0.307 e. The Bertz CT molecular complexity index is 726. The Morgan fingerprint density at radius 3 is 2.48 bits per heavy atom. The Balaban J connectivity index is 2.48. The zero-order valence-corrected chi connectivity index (χ0v) is 13.9. The van der Waals surface area contributed by atoms with Crippen molar-refractivity contribution in [3.63, 3.8) is 0 Å². The lowest BCUT2D eigenvalue weighted by molar-refractivity contribution is -0.141. The third-order valence-corrected chi connectivity index (χ3v) is 3.79. The zero-order chi connectivity index (χ0) is 17.1. The highest BCUT2D eigenvalue weighted by molar-refractivity contribution is 6.29. The third kappa shape index (κ3) is 4.06. The number of benzene rings is 1. The molecule has 1 atom stereocenters. The fourth-order valence-electron chi connectivity index (χ4n) is 2.58. The monoisotopic (exact) mass is 336 g/mol. The maximum atomic E-state index is 13.5. The molecule has 6 heteroatoms. The number of carbonyl (C=O) groups is 1. The van der Waals surface area contributed by atoms with Crippen molar-refractivity contribution in [2.75, 3.05) is 7.11 Å². The summed E-state index contributed by atoms with van der Waals surface area (Å²) < 4.78 is 18.1. The molecule has 0 saturated heterocycles. The van der Waals surface area contributed by atoms with Crippen LogP contribution in [-0.4, -0.2) is 18.1 Å². The summed E-state index contributed by atoms with van der Waals surface area (Å²) in [7, 11) is 1.30. The number of aryl methyl sites for hydroxylation is 2. The van der Waals surface area contributed by atoms with Gasteiger partial charge in [0.05, 0.1) is 25.3 Å². The minimum absolute atomic E-state index is 0.00463. The van der Waals surface area contributed by atoms with Crippen molar-refractivity contribution >= 4 is 17.6 Å². The van der Waals surface area contributed by atoms with Crippen LogP contribution in [0.15, 0.2) is 24.3 Å². The Labute approximate surface area is 139 Å². The van der Waals surface area contributed by atoms with E-state index in [1.54, 1.807) is 12.1 Å². The fraction of sp³-hybridized carbons (Fsp3) is 0.294. The molecule has 2 N–H and O–H groups in total. The Morgan fingerprint density at radius 2 is 1.91 bits per heavy atom. The molecule has 1 aromatic heterocycles. The molecular formula is C17H18ClFN2O2. The first-order chi connectivity index (χ1) is 10.8. The van der Waals surface area contributed by atoms with Gasteiger partial charge in [0.15, 0.2) is 0 Å². The van der Waals surface area contributed by atoms with Crippen molar-refractivity contribution in [3.05, 3.63) is 52.1 Å². The number of hydrogen-bond acceptors (Lipinski definition) is 4. The molecular weight excluding hydrogens is 319 g/mol. The predicted molar refractivity (Wildman–Crippen MR) is 87.7 cm³/mol. The smallest absolute Gasteiger partial charge is 0.307 e. The van der Waals surface area contributed by atoms with Crippen LogP contribution in [0.25, 0.3) is 11.1 Å². The first kappa shape index (κ1) is 17.4. The van der Waals surface area contributed by atoms with E-state index < -0.39 is 12.0 Å². The molecule has 0 amide bonds. The number of rotatable bonds is 4. The number of pyridine rings is 1. The minimum Gasteiger partial charge on any atom is -0.469 e. The lowest BCUT2D eigenvalue weighted by Gasteiger charge is -2.15. The quantitative estimate of drug-likeness (QED) is 0.682. The summed E-state index contributed by atoms with van der Waals surface area (Å²) in [5, 5.41) is 0.265. The van der Waals surface area contributed by atoms with Crippen molar-refractivity contribution in [3.8, 4) is 11.1 Å². The van der Waals surface area contributed by atoms with Crippen LogP contribution in [0.5, 0.6) is 0 Å². The number of nitrogens with zero attached hydrogens (tertiary/aromatic N) is 1. The zero-order valence-electron chi connectivity index (χ0n) is 13.2. The summed E-state index contributed by atoms with van der Waals surface area (Å²) in [5.74, 6) is -0.707. The van der Waals surface area contributed by atoms with Crippen LogP contribution in [0, 0.1) is 19.7 Å². The van der Waals surface area contributed by atoms with Crippen molar-refractivity contribution in [1.82, 2.24) is 4.98 Å². The summed E-state index contributed by atoms with van der Waals surface area (Å²) >= 11 is 6.09. The van der Waals surface area contributed by atoms with Gasteiger partial charge in [-0.05, 0) is 60.4 Å². The van der Waals surface area contributed by atoms with E-state index in [2.05, 4.69) is 9.72 Å². The van der Waals surface area contributed by atoms with Gasteiger partial charge in [0, 0.05) is 0 Å². The first-order valence-corrected chi connectivity index (χ1v) is 7.46. The van der Waals surface area contributed by atoms with Crippen molar-refractivity contribution < 1.29 is 13.9 Å². The Hall–Kier alpha value is -1.98. The molecule has 1 aromatic carbocycles. The molecule has 0 unspecified atom stereocenters. The van der Waals surface area contributed by atoms with E-state index in [4.69, 9.17) is 17.3 Å². The van der Waals surface area contributed by atoms with Crippen molar-refractivity contribution in [1.29, 1.82) is 0 Å². The summed E-state index contributed by atoms with van der Waals surface area (Å²) in [6, 6.07) is 5.77. The van der Waals surface area contributed by atoms with Crippen LogP contribution in [0.2, 0.25) is 5.15 Å². The molecule has 0 bridgehead atoms. The minimum atomic E-state index is -0.624. The van der Waals surface area contributed by atoms with E-state index in [0.717, 1.165) is 22.3 Å².